The number of aromatic hydroxyl groups is 1. The van der Waals surface area contributed by atoms with E-state index in [0.717, 1.165) is 0 Å². The Kier molecular flexibility index (Phi) is 4.22. The van der Waals surface area contributed by atoms with Gasteiger partial charge in [0.2, 0.25) is 0 Å². The zero-order valence-electron chi connectivity index (χ0n) is 12.2. The standard InChI is InChI=1S/C14H16N4O4/c1-14(20,11-7-16-17(2)8-11)9-15-6-10-5-12(18(21)22)3-4-13(10)19/h3-8,19-20H,9H2,1-2H3. The maximum Gasteiger partial charge on any atom is 0.270 e. The molecule has 2 aromatic rings. The number of nitro benzene ring substituents is 1. The summed E-state index contributed by atoms with van der Waals surface area (Å²) in [5.74, 6) is -0.115. The second-order valence-electron chi connectivity index (χ2n) is 5.15. The quantitative estimate of drug-likeness (QED) is 0.492. The van der Waals surface area contributed by atoms with E-state index in [4.69, 9.17) is 0 Å². The average Bonchev–Trinajstić information content (AvgIpc) is 2.88. The van der Waals surface area contributed by atoms with Gasteiger partial charge in [-0.05, 0) is 13.0 Å². The molecule has 8 nitrogen and oxygen atoms in total. The predicted octanol–water partition coefficient (Wildman–Crippen LogP) is 1.36. The smallest absolute Gasteiger partial charge is 0.270 e. The van der Waals surface area contributed by atoms with Crippen molar-refractivity contribution in [2.45, 2.75) is 12.5 Å². The summed E-state index contributed by atoms with van der Waals surface area (Å²) in [7, 11) is 1.74. The number of non-ortho nitro benzene ring substituents is 1. The molecule has 1 aromatic carbocycles. The number of aromatic nitrogens is 2. The van der Waals surface area contributed by atoms with Crippen LogP contribution in [0.5, 0.6) is 5.75 Å². The first-order valence-electron chi connectivity index (χ1n) is 6.48. The topological polar surface area (TPSA) is 114 Å². The molecule has 0 aliphatic carbocycles. The van der Waals surface area contributed by atoms with Gasteiger partial charge >= 0.3 is 0 Å². The molecule has 0 saturated heterocycles. The zero-order chi connectivity index (χ0) is 16.3. The maximum atomic E-state index is 10.7. The van der Waals surface area contributed by atoms with E-state index in [1.807, 2.05) is 0 Å². The number of rotatable bonds is 5. The fourth-order valence-corrected chi connectivity index (χ4v) is 1.87. The highest BCUT2D eigenvalue weighted by atomic mass is 16.6. The van der Waals surface area contributed by atoms with Crippen molar-refractivity contribution < 1.29 is 15.1 Å². The molecule has 116 valence electrons. The number of phenolic OH excluding ortho intramolecular Hbond substituents is 1. The van der Waals surface area contributed by atoms with Crippen molar-refractivity contribution in [3.05, 3.63) is 51.8 Å². The van der Waals surface area contributed by atoms with Crippen LogP contribution in [0.15, 0.2) is 35.6 Å². The Morgan fingerprint density at radius 3 is 2.86 bits per heavy atom. The number of hydrogen-bond donors (Lipinski definition) is 2. The summed E-state index contributed by atoms with van der Waals surface area (Å²) in [6.07, 6.45) is 4.52. The van der Waals surface area contributed by atoms with E-state index >= 15 is 0 Å². The molecule has 0 aliphatic heterocycles. The molecule has 2 rings (SSSR count). The van der Waals surface area contributed by atoms with Crippen LogP contribution in [0.25, 0.3) is 0 Å². The number of nitro groups is 1. The Morgan fingerprint density at radius 1 is 1.55 bits per heavy atom. The molecule has 0 radical (unpaired) electrons. The molecule has 0 fully saturated rings. The lowest BCUT2D eigenvalue weighted by Crippen LogP contribution is -2.24. The van der Waals surface area contributed by atoms with Gasteiger partial charge in [0.05, 0.1) is 17.7 Å². The third kappa shape index (κ3) is 3.47. The van der Waals surface area contributed by atoms with Gasteiger partial charge in [-0.3, -0.25) is 19.8 Å². The van der Waals surface area contributed by atoms with Crippen LogP contribution in [0.4, 0.5) is 5.69 Å². The number of aliphatic hydroxyl groups is 1. The van der Waals surface area contributed by atoms with Gasteiger partial charge in [-0.15, -0.1) is 0 Å². The number of benzene rings is 1. The zero-order valence-corrected chi connectivity index (χ0v) is 12.2. The normalized spacial score (nSPS) is 14.1. The Labute approximate surface area is 126 Å². The Bertz CT molecular complexity index is 721. The Hall–Kier alpha value is -2.74. The molecule has 0 saturated carbocycles. The molecular formula is C14H16N4O4. The minimum absolute atomic E-state index is 0.0286. The first kappa shape index (κ1) is 15.6. The van der Waals surface area contributed by atoms with Gasteiger partial charge < -0.3 is 10.2 Å². The van der Waals surface area contributed by atoms with E-state index in [1.54, 1.807) is 31.0 Å². The highest BCUT2D eigenvalue weighted by Gasteiger charge is 2.24. The number of aliphatic imine (C=N–C) groups is 1. The molecule has 1 aromatic heterocycles. The molecule has 1 unspecified atom stereocenters. The molecule has 0 bridgehead atoms. The Morgan fingerprint density at radius 2 is 2.27 bits per heavy atom. The molecule has 8 heteroatoms. The van der Waals surface area contributed by atoms with E-state index in [9.17, 15) is 20.3 Å². The second kappa shape index (κ2) is 5.94. The second-order valence-corrected chi connectivity index (χ2v) is 5.15. The highest BCUT2D eigenvalue weighted by molar-refractivity contribution is 5.84. The van der Waals surface area contributed by atoms with Crippen LogP contribution in [-0.4, -0.2) is 37.7 Å². The van der Waals surface area contributed by atoms with Crippen molar-refractivity contribution in [1.29, 1.82) is 0 Å². The van der Waals surface area contributed by atoms with Crippen LogP contribution < -0.4 is 0 Å². The lowest BCUT2D eigenvalue weighted by Gasteiger charge is -2.18. The van der Waals surface area contributed by atoms with Gasteiger partial charge in [0.25, 0.3) is 5.69 Å². The fourth-order valence-electron chi connectivity index (χ4n) is 1.87. The fraction of sp³-hybridized carbons (Fsp3) is 0.286. The molecule has 2 N–H and O–H groups in total. The van der Waals surface area contributed by atoms with E-state index < -0.39 is 10.5 Å². The van der Waals surface area contributed by atoms with Gasteiger partial charge in [-0.2, -0.15) is 5.10 Å². The van der Waals surface area contributed by atoms with Crippen LogP contribution in [0.1, 0.15) is 18.1 Å². The van der Waals surface area contributed by atoms with Crippen molar-refractivity contribution in [1.82, 2.24) is 9.78 Å². The molecule has 0 aliphatic rings. The summed E-state index contributed by atoms with van der Waals surface area (Å²) in [4.78, 5) is 14.2. The molecule has 1 heterocycles. The molecule has 0 spiro atoms. The van der Waals surface area contributed by atoms with E-state index in [2.05, 4.69) is 10.1 Å². The largest absolute Gasteiger partial charge is 0.507 e. The van der Waals surface area contributed by atoms with Gasteiger partial charge in [0.1, 0.15) is 11.4 Å². The number of phenols is 1. The monoisotopic (exact) mass is 304 g/mol. The van der Waals surface area contributed by atoms with Gasteiger partial charge in [-0.1, -0.05) is 0 Å². The third-order valence-electron chi connectivity index (χ3n) is 3.18. The molecule has 22 heavy (non-hydrogen) atoms. The summed E-state index contributed by atoms with van der Waals surface area (Å²) >= 11 is 0. The first-order valence-corrected chi connectivity index (χ1v) is 6.48. The van der Waals surface area contributed by atoms with Crippen LogP contribution in [0.3, 0.4) is 0 Å². The average molecular weight is 304 g/mol. The number of aryl methyl sites for hydroxylation is 1. The molecular weight excluding hydrogens is 288 g/mol. The third-order valence-corrected chi connectivity index (χ3v) is 3.18. The predicted molar refractivity (Wildman–Crippen MR) is 80.0 cm³/mol. The van der Waals surface area contributed by atoms with Crippen molar-refractivity contribution in [3.63, 3.8) is 0 Å². The summed E-state index contributed by atoms with van der Waals surface area (Å²) in [5.41, 5.74) is -0.536. The first-order chi connectivity index (χ1) is 10.3. The van der Waals surface area contributed by atoms with Crippen molar-refractivity contribution >= 4 is 11.9 Å². The minimum Gasteiger partial charge on any atom is -0.507 e. The van der Waals surface area contributed by atoms with Crippen molar-refractivity contribution in [2.24, 2.45) is 12.0 Å². The van der Waals surface area contributed by atoms with Gasteiger partial charge in [0.15, 0.2) is 0 Å². The van der Waals surface area contributed by atoms with Crippen LogP contribution >= 0.6 is 0 Å². The van der Waals surface area contributed by atoms with E-state index in [-0.39, 0.29) is 23.5 Å². The maximum absolute atomic E-state index is 10.7. The van der Waals surface area contributed by atoms with Crippen LogP contribution in [-0.2, 0) is 12.6 Å². The van der Waals surface area contributed by atoms with Crippen LogP contribution in [0, 0.1) is 10.1 Å². The van der Waals surface area contributed by atoms with Crippen molar-refractivity contribution in [2.75, 3.05) is 6.54 Å². The van der Waals surface area contributed by atoms with Crippen LogP contribution in [0.2, 0.25) is 0 Å². The van der Waals surface area contributed by atoms with Gasteiger partial charge in [-0.25, -0.2) is 0 Å². The Balaban J connectivity index is 2.15. The summed E-state index contributed by atoms with van der Waals surface area (Å²) in [6, 6.07) is 3.66. The summed E-state index contributed by atoms with van der Waals surface area (Å²) in [5, 5.41) is 34.7. The lowest BCUT2D eigenvalue weighted by atomic mass is 10.00. The van der Waals surface area contributed by atoms with E-state index in [0.29, 0.717) is 5.56 Å². The minimum atomic E-state index is -1.22. The van der Waals surface area contributed by atoms with Gasteiger partial charge in [0, 0.05) is 42.7 Å². The molecule has 1 atom stereocenters. The number of nitrogens with zero attached hydrogens (tertiary/aromatic N) is 4. The van der Waals surface area contributed by atoms with Crippen molar-refractivity contribution in [3.8, 4) is 5.75 Å². The SMILES string of the molecule is Cn1cc(C(C)(O)CN=Cc2cc([N+](=O)[O-])ccc2O)cn1. The number of hydrogen-bond acceptors (Lipinski definition) is 6. The summed E-state index contributed by atoms with van der Waals surface area (Å²) < 4.78 is 1.57. The molecule has 0 amide bonds. The summed E-state index contributed by atoms with van der Waals surface area (Å²) in [6.45, 7) is 1.62. The highest BCUT2D eigenvalue weighted by Crippen LogP contribution is 2.23. The van der Waals surface area contributed by atoms with E-state index in [1.165, 1.54) is 24.4 Å². The lowest BCUT2D eigenvalue weighted by molar-refractivity contribution is -0.384.